The Bertz CT molecular complexity index is 1080. The van der Waals surface area contributed by atoms with Gasteiger partial charge in [-0.05, 0) is 43.0 Å². The molecule has 0 saturated carbocycles. The second kappa shape index (κ2) is 8.06. The van der Waals surface area contributed by atoms with Gasteiger partial charge in [0.1, 0.15) is 4.21 Å². The SMILES string of the molecule is O=C(CCc1c[nH]c2ccccc12)NCc1ccc(S(=O)(=O)N2CCCC2)s1. The van der Waals surface area contributed by atoms with Crippen LogP contribution >= 0.6 is 11.3 Å². The van der Waals surface area contributed by atoms with E-state index in [0.29, 0.717) is 36.7 Å². The molecule has 28 heavy (non-hydrogen) atoms. The summed E-state index contributed by atoms with van der Waals surface area (Å²) in [5, 5.41) is 4.04. The number of aryl methyl sites for hydroxylation is 1. The van der Waals surface area contributed by atoms with Crippen molar-refractivity contribution in [1.82, 2.24) is 14.6 Å². The molecule has 2 N–H and O–H groups in total. The van der Waals surface area contributed by atoms with Crippen LogP contribution in [0.3, 0.4) is 0 Å². The molecule has 4 rings (SSSR count). The van der Waals surface area contributed by atoms with Crippen LogP contribution in [0.5, 0.6) is 0 Å². The van der Waals surface area contributed by atoms with Crippen LogP contribution < -0.4 is 5.32 Å². The number of aromatic amines is 1. The topological polar surface area (TPSA) is 82.3 Å². The van der Waals surface area contributed by atoms with E-state index < -0.39 is 10.0 Å². The highest BCUT2D eigenvalue weighted by Crippen LogP contribution is 2.27. The average Bonchev–Trinajstić information content (AvgIpc) is 3.46. The van der Waals surface area contributed by atoms with E-state index in [2.05, 4.69) is 10.3 Å². The molecule has 1 saturated heterocycles. The van der Waals surface area contributed by atoms with Crippen LogP contribution in [0.2, 0.25) is 0 Å². The molecule has 1 fully saturated rings. The van der Waals surface area contributed by atoms with Gasteiger partial charge in [0.05, 0.1) is 6.54 Å². The number of sulfonamides is 1. The van der Waals surface area contributed by atoms with Crippen molar-refractivity contribution in [3.63, 3.8) is 0 Å². The minimum absolute atomic E-state index is 0.0392. The minimum Gasteiger partial charge on any atom is -0.361 e. The summed E-state index contributed by atoms with van der Waals surface area (Å²) in [6.07, 6.45) is 4.85. The molecule has 1 aromatic carbocycles. The number of amides is 1. The van der Waals surface area contributed by atoms with E-state index in [1.54, 1.807) is 16.4 Å². The Labute approximate surface area is 168 Å². The lowest BCUT2D eigenvalue weighted by Gasteiger charge is -2.13. The van der Waals surface area contributed by atoms with Gasteiger partial charge in [0.2, 0.25) is 5.91 Å². The second-order valence-corrected chi connectivity index (χ2v) is 10.3. The monoisotopic (exact) mass is 417 g/mol. The predicted molar refractivity (Wildman–Crippen MR) is 111 cm³/mol. The molecular formula is C20H23N3O3S2. The number of aromatic nitrogens is 1. The lowest BCUT2D eigenvalue weighted by atomic mass is 10.1. The van der Waals surface area contributed by atoms with Gasteiger partial charge in [0.15, 0.2) is 0 Å². The van der Waals surface area contributed by atoms with E-state index in [1.165, 1.54) is 11.3 Å². The number of H-pyrrole nitrogens is 1. The van der Waals surface area contributed by atoms with Crippen LogP contribution in [0.15, 0.2) is 46.8 Å². The summed E-state index contributed by atoms with van der Waals surface area (Å²) in [5.41, 5.74) is 2.20. The molecule has 2 aromatic heterocycles. The molecule has 148 valence electrons. The molecule has 6 nitrogen and oxygen atoms in total. The van der Waals surface area contributed by atoms with Crippen LogP contribution in [0.25, 0.3) is 10.9 Å². The van der Waals surface area contributed by atoms with Crippen molar-refractivity contribution >= 4 is 38.2 Å². The van der Waals surface area contributed by atoms with Crippen molar-refractivity contribution < 1.29 is 13.2 Å². The van der Waals surface area contributed by atoms with E-state index in [-0.39, 0.29) is 5.91 Å². The van der Waals surface area contributed by atoms with Gasteiger partial charge < -0.3 is 10.3 Å². The lowest BCUT2D eigenvalue weighted by Crippen LogP contribution is -2.27. The molecular weight excluding hydrogens is 394 g/mol. The Balaban J connectivity index is 1.31. The van der Waals surface area contributed by atoms with E-state index >= 15 is 0 Å². The van der Waals surface area contributed by atoms with Crippen LogP contribution in [-0.4, -0.2) is 36.7 Å². The van der Waals surface area contributed by atoms with Crippen molar-refractivity contribution in [3.8, 4) is 0 Å². The summed E-state index contributed by atoms with van der Waals surface area (Å²) in [6, 6.07) is 11.5. The van der Waals surface area contributed by atoms with E-state index in [1.807, 2.05) is 30.5 Å². The number of fused-ring (bicyclic) bond motifs is 1. The molecule has 1 aliphatic heterocycles. The summed E-state index contributed by atoms with van der Waals surface area (Å²) >= 11 is 1.24. The Morgan fingerprint density at radius 2 is 1.93 bits per heavy atom. The van der Waals surface area contributed by atoms with E-state index in [4.69, 9.17) is 0 Å². The Morgan fingerprint density at radius 1 is 1.14 bits per heavy atom. The Hall–Kier alpha value is -2.16. The second-order valence-electron chi connectivity index (χ2n) is 6.97. The van der Waals surface area contributed by atoms with Crippen molar-refractivity contribution in [2.45, 2.75) is 36.4 Å². The third-order valence-corrected chi connectivity index (χ3v) is 8.50. The first-order chi connectivity index (χ1) is 13.5. The van der Waals surface area contributed by atoms with Gasteiger partial charge in [-0.2, -0.15) is 4.31 Å². The first-order valence-electron chi connectivity index (χ1n) is 9.44. The van der Waals surface area contributed by atoms with Crippen molar-refractivity contribution in [3.05, 3.63) is 53.0 Å². The quantitative estimate of drug-likeness (QED) is 0.619. The molecule has 0 radical (unpaired) electrons. The predicted octanol–water partition coefficient (Wildman–Crippen LogP) is 3.26. The summed E-state index contributed by atoms with van der Waals surface area (Å²) in [6.45, 7) is 1.55. The van der Waals surface area contributed by atoms with Gasteiger partial charge in [-0.3, -0.25) is 4.79 Å². The zero-order valence-electron chi connectivity index (χ0n) is 15.5. The maximum absolute atomic E-state index is 12.6. The number of nitrogens with zero attached hydrogens (tertiary/aromatic N) is 1. The lowest BCUT2D eigenvalue weighted by molar-refractivity contribution is -0.121. The third kappa shape index (κ3) is 3.99. The normalized spacial score (nSPS) is 15.3. The standard InChI is InChI=1S/C20H23N3O3S2/c24-19(9-7-15-13-21-18-6-2-1-5-17(15)18)22-14-16-8-10-20(27-16)28(25,26)23-11-3-4-12-23/h1-2,5-6,8,10,13,21H,3-4,7,9,11-12,14H2,(H,22,24). The summed E-state index contributed by atoms with van der Waals surface area (Å²) < 4.78 is 27.0. The fraction of sp³-hybridized carbons (Fsp3) is 0.350. The first-order valence-corrected chi connectivity index (χ1v) is 11.7. The average molecular weight is 418 g/mol. The fourth-order valence-electron chi connectivity index (χ4n) is 3.51. The number of benzene rings is 1. The summed E-state index contributed by atoms with van der Waals surface area (Å²) in [5.74, 6) is -0.0392. The molecule has 1 amide bonds. The zero-order chi connectivity index (χ0) is 19.6. The van der Waals surface area contributed by atoms with Crippen LogP contribution in [0.1, 0.15) is 29.7 Å². The highest BCUT2D eigenvalue weighted by molar-refractivity contribution is 7.91. The summed E-state index contributed by atoms with van der Waals surface area (Å²) in [4.78, 5) is 16.3. The number of thiophene rings is 1. The highest BCUT2D eigenvalue weighted by atomic mass is 32.2. The maximum Gasteiger partial charge on any atom is 0.252 e. The fourth-order valence-corrected chi connectivity index (χ4v) is 6.48. The van der Waals surface area contributed by atoms with Crippen LogP contribution in [-0.2, 0) is 27.8 Å². The van der Waals surface area contributed by atoms with Gasteiger partial charge in [-0.1, -0.05) is 18.2 Å². The highest BCUT2D eigenvalue weighted by Gasteiger charge is 2.28. The number of hydrogen-bond donors (Lipinski definition) is 2. The van der Waals surface area contributed by atoms with E-state index in [0.717, 1.165) is 34.2 Å². The zero-order valence-corrected chi connectivity index (χ0v) is 17.1. The minimum atomic E-state index is -3.38. The third-order valence-electron chi connectivity index (χ3n) is 5.05. The molecule has 3 aromatic rings. The molecule has 0 unspecified atom stereocenters. The van der Waals surface area contributed by atoms with Crippen LogP contribution in [0, 0.1) is 0 Å². The molecule has 0 atom stereocenters. The van der Waals surface area contributed by atoms with Gasteiger partial charge >= 0.3 is 0 Å². The van der Waals surface area contributed by atoms with Crippen molar-refractivity contribution in [1.29, 1.82) is 0 Å². The number of para-hydroxylation sites is 1. The van der Waals surface area contributed by atoms with Crippen LogP contribution in [0.4, 0.5) is 0 Å². The molecule has 0 aliphatic carbocycles. The van der Waals surface area contributed by atoms with Gasteiger partial charge in [0, 0.05) is 41.5 Å². The maximum atomic E-state index is 12.6. The first kappa shape index (κ1) is 19.2. The number of carbonyl (C=O) groups excluding carboxylic acids is 1. The number of hydrogen-bond acceptors (Lipinski definition) is 4. The largest absolute Gasteiger partial charge is 0.361 e. The number of nitrogens with one attached hydrogen (secondary N) is 2. The molecule has 8 heteroatoms. The van der Waals surface area contributed by atoms with Gasteiger partial charge in [-0.15, -0.1) is 11.3 Å². The van der Waals surface area contributed by atoms with Gasteiger partial charge in [-0.25, -0.2) is 8.42 Å². The molecule has 1 aliphatic rings. The van der Waals surface area contributed by atoms with Crippen molar-refractivity contribution in [2.75, 3.05) is 13.1 Å². The Morgan fingerprint density at radius 3 is 2.75 bits per heavy atom. The Kier molecular flexibility index (Phi) is 5.52. The van der Waals surface area contributed by atoms with Gasteiger partial charge in [0.25, 0.3) is 10.0 Å². The molecule has 0 bridgehead atoms. The summed E-state index contributed by atoms with van der Waals surface area (Å²) in [7, 11) is -3.38. The van der Waals surface area contributed by atoms with E-state index in [9.17, 15) is 13.2 Å². The number of rotatable bonds is 7. The number of carbonyl (C=O) groups is 1. The molecule has 3 heterocycles. The molecule has 0 spiro atoms. The van der Waals surface area contributed by atoms with Crippen molar-refractivity contribution in [2.24, 2.45) is 0 Å². The smallest absolute Gasteiger partial charge is 0.252 e.